The summed E-state index contributed by atoms with van der Waals surface area (Å²) in [5, 5.41) is 7.63. The second kappa shape index (κ2) is 7.70. The lowest BCUT2D eigenvalue weighted by atomic mass is 10.00. The smallest absolute Gasteiger partial charge is 0.254 e. The molecule has 1 fully saturated rings. The lowest BCUT2D eigenvalue weighted by Gasteiger charge is -2.31. The number of hydrogen-bond donors (Lipinski definition) is 0. The first-order chi connectivity index (χ1) is 13.2. The summed E-state index contributed by atoms with van der Waals surface area (Å²) < 4.78 is 15.5. The standard InChI is InChI=1S/C21H21FN4O/c22-18-8-4-6-16(12-18)20-10-2-1-3-11-26(20)21(27)17-7-5-9-19(13-17)25-14-23-24-15-25/h4-9,12-15,20H,1-3,10-11H2. The van der Waals surface area contributed by atoms with Crippen LogP contribution in [0.5, 0.6) is 0 Å². The summed E-state index contributed by atoms with van der Waals surface area (Å²) in [6.07, 6.45) is 7.13. The summed E-state index contributed by atoms with van der Waals surface area (Å²) in [7, 11) is 0. The van der Waals surface area contributed by atoms with Gasteiger partial charge in [0.2, 0.25) is 0 Å². The van der Waals surface area contributed by atoms with Crippen LogP contribution in [0.4, 0.5) is 4.39 Å². The molecule has 1 aromatic heterocycles. The molecule has 0 aliphatic carbocycles. The molecule has 6 heteroatoms. The van der Waals surface area contributed by atoms with Crippen molar-refractivity contribution in [2.24, 2.45) is 0 Å². The van der Waals surface area contributed by atoms with Crippen molar-refractivity contribution in [3.8, 4) is 5.69 Å². The normalized spacial score (nSPS) is 17.5. The van der Waals surface area contributed by atoms with Crippen molar-refractivity contribution in [2.45, 2.75) is 31.7 Å². The Bertz CT molecular complexity index is 925. The molecular formula is C21H21FN4O. The molecule has 0 N–H and O–H groups in total. The fourth-order valence-electron chi connectivity index (χ4n) is 3.71. The molecule has 3 aromatic rings. The van der Waals surface area contributed by atoms with E-state index in [0.717, 1.165) is 36.9 Å². The number of rotatable bonds is 3. The molecule has 1 aliphatic heterocycles. The second-order valence-electron chi connectivity index (χ2n) is 6.84. The Morgan fingerprint density at radius 2 is 1.81 bits per heavy atom. The maximum absolute atomic E-state index is 13.8. The highest BCUT2D eigenvalue weighted by Crippen LogP contribution is 2.32. The van der Waals surface area contributed by atoms with Gasteiger partial charge in [-0.3, -0.25) is 9.36 Å². The summed E-state index contributed by atoms with van der Waals surface area (Å²) in [6.45, 7) is 0.677. The van der Waals surface area contributed by atoms with Crippen molar-refractivity contribution >= 4 is 5.91 Å². The van der Waals surface area contributed by atoms with E-state index in [1.54, 1.807) is 29.4 Å². The molecule has 1 saturated heterocycles. The minimum atomic E-state index is -0.265. The number of halogens is 1. The Balaban J connectivity index is 1.67. The monoisotopic (exact) mass is 364 g/mol. The Labute approximate surface area is 157 Å². The van der Waals surface area contributed by atoms with Gasteiger partial charge >= 0.3 is 0 Å². The van der Waals surface area contributed by atoms with Crippen molar-refractivity contribution in [2.75, 3.05) is 6.54 Å². The quantitative estimate of drug-likeness (QED) is 0.701. The number of amides is 1. The minimum absolute atomic E-state index is 0.0268. The van der Waals surface area contributed by atoms with E-state index in [1.807, 2.05) is 35.2 Å². The molecule has 0 bridgehead atoms. The molecule has 5 nitrogen and oxygen atoms in total. The number of carbonyl (C=O) groups excluding carboxylic acids is 1. The highest BCUT2D eigenvalue weighted by atomic mass is 19.1. The van der Waals surface area contributed by atoms with Crippen molar-refractivity contribution in [3.05, 3.63) is 78.1 Å². The van der Waals surface area contributed by atoms with E-state index in [2.05, 4.69) is 10.2 Å². The van der Waals surface area contributed by atoms with Gasteiger partial charge in [-0.25, -0.2) is 4.39 Å². The predicted octanol–water partition coefficient (Wildman–Crippen LogP) is 4.16. The Morgan fingerprint density at radius 3 is 2.63 bits per heavy atom. The third-order valence-electron chi connectivity index (χ3n) is 5.06. The van der Waals surface area contributed by atoms with Gasteiger partial charge < -0.3 is 4.90 Å². The third kappa shape index (κ3) is 3.74. The van der Waals surface area contributed by atoms with Crippen molar-refractivity contribution < 1.29 is 9.18 Å². The van der Waals surface area contributed by atoms with E-state index in [4.69, 9.17) is 0 Å². The average molecular weight is 364 g/mol. The lowest BCUT2D eigenvalue weighted by molar-refractivity contribution is 0.0680. The summed E-state index contributed by atoms with van der Waals surface area (Å²) in [4.78, 5) is 15.2. The fraction of sp³-hybridized carbons (Fsp3) is 0.286. The van der Waals surface area contributed by atoms with Crippen LogP contribution in [-0.4, -0.2) is 32.1 Å². The van der Waals surface area contributed by atoms with Crippen molar-refractivity contribution in [1.82, 2.24) is 19.7 Å². The van der Waals surface area contributed by atoms with Crippen LogP contribution in [0.15, 0.2) is 61.2 Å². The zero-order valence-electron chi connectivity index (χ0n) is 15.0. The van der Waals surface area contributed by atoms with Crippen molar-refractivity contribution in [1.29, 1.82) is 0 Å². The molecule has 2 heterocycles. The third-order valence-corrected chi connectivity index (χ3v) is 5.06. The Morgan fingerprint density at radius 1 is 1.00 bits per heavy atom. The molecule has 1 aliphatic rings. The highest BCUT2D eigenvalue weighted by molar-refractivity contribution is 5.95. The van der Waals surface area contributed by atoms with Crippen LogP contribution >= 0.6 is 0 Å². The molecule has 138 valence electrons. The molecule has 0 spiro atoms. The van der Waals surface area contributed by atoms with E-state index in [-0.39, 0.29) is 17.8 Å². The number of likely N-dealkylation sites (tertiary alicyclic amines) is 1. The summed E-state index contributed by atoms with van der Waals surface area (Å²) in [6, 6.07) is 13.9. The predicted molar refractivity (Wildman–Crippen MR) is 100 cm³/mol. The first kappa shape index (κ1) is 17.4. The van der Waals surface area contributed by atoms with Gasteiger partial charge in [0.25, 0.3) is 5.91 Å². The largest absolute Gasteiger partial charge is 0.332 e. The molecule has 1 atom stereocenters. The van der Waals surface area contributed by atoms with Gasteiger partial charge in [0, 0.05) is 17.8 Å². The minimum Gasteiger partial charge on any atom is -0.332 e. The number of benzene rings is 2. The maximum Gasteiger partial charge on any atom is 0.254 e. The molecule has 1 unspecified atom stereocenters. The molecule has 0 radical (unpaired) electrons. The van der Waals surface area contributed by atoms with Gasteiger partial charge in [0.15, 0.2) is 0 Å². The van der Waals surface area contributed by atoms with Gasteiger partial charge in [-0.2, -0.15) is 0 Å². The van der Waals surface area contributed by atoms with Crippen LogP contribution in [0, 0.1) is 5.82 Å². The molecular weight excluding hydrogens is 343 g/mol. The zero-order chi connectivity index (χ0) is 18.6. The van der Waals surface area contributed by atoms with E-state index < -0.39 is 0 Å². The SMILES string of the molecule is O=C(c1cccc(-n2cnnc2)c1)N1CCCCCC1c1cccc(F)c1. The number of hydrogen-bond acceptors (Lipinski definition) is 3. The molecule has 27 heavy (non-hydrogen) atoms. The summed E-state index contributed by atoms with van der Waals surface area (Å²) >= 11 is 0. The number of nitrogens with zero attached hydrogens (tertiary/aromatic N) is 4. The summed E-state index contributed by atoms with van der Waals surface area (Å²) in [5.74, 6) is -0.292. The van der Waals surface area contributed by atoms with E-state index in [9.17, 15) is 9.18 Å². The van der Waals surface area contributed by atoms with Crippen LogP contribution in [0.1, 0.15) is 47.6 Å². The van der Waals surface area contributed by atoms with Crippen LogP contribution in [0.3, 0.4) is 0 Å². The second-order valence-corrected chi connectivity index (χ2v) is 6.84. The van der Waals surface area contributed by atoms with Crippen LogP contribution in [-0.2, 0) is 0 Å². The topological polar surface area (TPSA) is 51.0 Å². The van der Waals surface area contributed by atoms with E-state index >= 15 is 0 Å². The first-order valence-corrected chi connectivity index (χ1v) is 9.24. The van der Waals surface area contributed by atoms with Gasteiger partial charge in [-0.1, -0.05) is 31.0 Å². The van der Waals surface area contributed by atoms with Crippen LogP contribution in [0.2, 0.25) is 0 Å². The van der Waals surface area contributed by atoms with Gasteiger partial charge in [-0.05, 0) is 48.7 Å². The van der Waals surface area contributed by atoms with E-state index in [0.29, 0.717) is 12.1 Å². The number of aromatic nitrogens is 3. The number of carbonyl (C=O) groups is 1. The van der Waals surface area contributed by atoms with Gasteiger partial charge in [0.1, 0.15) is 18.5 Å². The maximum atomic E-state index is 13.8. The highest BCUT2D eigenvalue weighted by Gasteiger charge is 2.28. The Hall–Kier alpha value is -3.02. The van der Waals surface area contributed by atoms with Gasteiger partial charge in [0.05, 0.1) is 6.04 Å². The van der Waals surface area contributed by atoms with Crippen molar-refractivity contribution in [3.63, 3.8) is 0 Å². The van der Waals surface area contributed by atoms with Gasteiger partial charge in [-0.15, -0.1) is 10.2 Å². The van der Waals surface area contributed by atoms with Crippen LogP contribution < -0.4 is 0 Å². The first-order valence-electron chi connectivity index (χ1n) is 9.24. The zero-order valence-corrected chi connectivity index (χ0v) is 15.0. The fourth-order valence-corrected chi connectivity index (χ4v) is 3.71. The Kier molecular flexibility index (Phi) is 4.96. The lowest BCUT2D eigenvalue weighted by Crippen LogP contribution is -2.35. The van der Waals surface area contributed by atoms with E-state index in [1.165, 1.54) is 6.07 Å². The molecule has 2 aromatic carbocycles. The van der Waals surface area contributed by atoms with Crippen LogP contribution in [0.25, 0.3) is 5.69 Å². The summed E-state index contributed by atoms with van der Waals surface area (Å²) in [5.41, 5.74) is 2.31. The molecule has 4 rings (SSSR count). The average Bonchev–Trinajstić information content (AvgIpc) is 3.12. The molecule has 1 amide bonds. The molecule has 0 saturated carbocycles.